The van der Waals surface area contributed by atoms with Crippen LogP contribution in [0.3, 0.4) is 0 Å². The van der Waals surface area contributed by atoms with E-state index in [1.54, 1.807) is 0 Å². The molecule has 5 atom stereocenters. The van der Waals surface area contributed by atoms with E-state index in [4.69, 9.17) is 37.0 Å². The van der Waals surface area contributed by atoms with Gasteiger partial charge >= 0.3 is 39.5 Å². The molecule has 0 aromatic rings. The highest BCUT2D eigenvalue weighted by atomic mass is 31.2. The van der Waals surface area contributed by atoms with Crippen molar-refractivity contribution in [3.05, 3.63) is 134 Å². The number of hydrogen-bond acceptors (Lipinski definition) is 15. The van der Waals surface area contributed by atoms with Gasteiger partial charge in [0.2, 0.25) is 0 Å². The Morgan fingerprint density at radius 3 is 0.741 bits per heavy atom. The number of phosphoric ester groups is 2. The van der Waals surface area contributed by atoms with Crippen molar-refractivity contribution in [3.8, 4) is 0 Å². The largest absolute Gasteiger partial charge is 0.472 e. The summed E-state index contributed by atoms with van der Waals surface area (Å²) in [6, 6.07) is 0. The van der Waals surface area contributed by atoms with Gasteiger partial charge in [-0.3, -0.25) is 37.3 Å². The zero-order valence-corrected chi connectivity index (χ0v) is 69.8. The van der Waals surface area contributed by atoms with Crippen LogP contribution in [0.4, 0.5) is 0 Å². The van der Waals surface area contributed by atoms with Gasteiger partial charge in [0.1, 0.15) is 19.3 Å². The van der Waals surface area contributed by atoms with E-state index in [0.717, 1.165) is 218 Å². The second kappa shape index (κ2) is 80.3. The Labute approximate surface area is 656 Å². The molecule has 0 amide bonds. The lowest BCUT2D eigenvalue weighted by atomic mass is 10.0. The number of esters is 4. The maximum absolute atomic E-state index is 13.1. The Morgan fingerprint density at radius 1 is 0.269 bits per heavy atom. The first-order valence-electron chi connectivity index (χ1n) is 42.4. The maximum Gasteiger partial charge on any atom is 0.472 e. The molecular formula is C89H152O17P2. The van der Waals surface area contributed by atoms with Gasteiger partial charge in [-0.1, -0.05) is 322 Å². The normalized spacial score (nSPS) is 14.5. The molecule has 0 aliphatic rings. The number of phosphoric acid groups is 2. The van der Waals surface area contributed by atoms with Crippen LogP contribution in [0.25, 0.3) is 0 Å². The van der Waals surface area contributed by atoms with Crippen molar-refractivity contribution in [2.75, 3.05) is 39.6 Å². The fourth-order valence-electron chi connectivity index (χ4n) is 11.3. The van der Waals surface area contributed by atoms with Crippen LogP contribution in [0.5, 0.6) is 0 Å². The van der Waals surface area contributed by atoms with Gasteiger partial charge in [0, 0.05) is 25.7 Å². The Kier molecular flexibility index (Phi) is 76.7. The van der Waals surface area contributed by atoms with Crippen molar-refractivity contribution in [1.82, 2.24) is 0 Å². The minimum Gasteiger partial charge on any atom is -0.462 e. The van der Waals surface area contributed by atoms with Crippen LogP contribution >= 0.6 is 15.6 Å². The number of aliphatic hydroxyl groups is 1. The van der Waals surface area contributed by atoms with Crippen molar-refractivity contribution < 1.29 is 80.2 Å². The number of unbranched alkanes of at least 4 members (excludes halogenated alkanes) is 31. The third-order valence-electron chi connectivity index (χ3n) is 17.6. The van der Waals surface area contributed by atoms with Crippen molar-refractivity contribution in [1.29, 1.82) is 0 Å². The van der Waals surface area contributed by atoms with Crippen LogP contribution in [0.2, 0.25) is 0 Å². The minimum absolute atomic E-state index is 0.0780. The molecule has 17 nitrogen and oxygen atoms in total. The highest BCUT2D eigenvalue weighted by Gasteiger charge is 2.30. The van der Waals surface area contributed by atoms with E-state index < -0.39 is 97.5 Å². The average molecular weight is 1560 g/mol. The molecule has 108 heavy (non-hydrogen) atoms. The number of ether oxygens (including phenoxy) is 4. The first-order chi connectivity index (χ1) is 52.7. The summed E-state index contributed by atoms with van der Waals surface area (Å²) in [6.07, 6.45) is 91.2. The maximum atomic E-state index is 13.1. The van der Waals surface area contributed by atoms with Gasteiger partial charge in [-0.15, -0.1) is 0 Å². The Bertz CT molecular complexity index is 2560. The number of hydrogen-bond donors (Lipinski definition) is 3. The van der Waals surface area contributed by atoms with E-state index >= 15 is 0 Å². The van der Waals surface area contributed by atoms with Gasteiger partial charge in [0.15, 0.2) is 12.2 Å². The predicted octanol–water partition coefficient (Wildman–Crippen LogP) is 25.2. The molecule has 5 unspecified atom stereocenters. The minimum atomic E-state index is -4.99. The van der Waals surface area contributed by atoms with Gasteiger partial charge in [-0.25, -0.2) is 9.13 Å². The monoisotopic (exact) mass is 1560 g/mol. The van der Waals surface area contributed by atoms with E-state index in [2.05, 4.69) is 161 Å². The highest BCUT2D eigenvalue weighted by molar-refractivity contribution is 7.47. The van der Waals surface area contributed by atoms with E-state index in [-0.39, 0.29) is 25.7 Å². The number of carbonyl (C=O) groups is 4. The Hall–Kier alpha value is -4.80. The molecule has 0 aromatic heterocycles. The van der Waals surface area contributed by atoms with E-state index in [0.29, 0.717) is 25.7 Å². The molecule has 0 rings (SSSR count). The van der Waals surface area contributed by atoms with Gasteiger partial charge < -0.3 is 33.8 Å². The lowest BCUT2D eigenvalue weighted by molar-refractivity contribution is -0.161. The molecule has 0 aliphatic carbocycles. The lowest BCUT2D eigenvalue weighted by Gasteiger charge is -2.21. The molecule has 0 aliphatic heterocycles. The Morgan fingerprint density at radius 2 is 0.481 bits per heavy atom. The van der Waals surface area contributed by atoms with Crippen LogP contribution in [0.15, 0.2) is 134 Å². The molecule has 0 spiro atoms. The van der Waals surface area contributed by atoms with Crippen LogP contribution in [0.1, 0.15) is 349 Å². The lowest BCUT2D eigenvalue weighted by Crippen LogP contribution is -2.30. The summed E-state index contributed by atoms with van der Waals surface area (Å²) in [5.41, 5.74) is 0. The molecule has 19 heteroatoms. The van der Waals surface area contributed by atoms with Gasteiger partial charge in [-0.05, 0) is 135 Å². The number of carbonyl (C=O) groups excluding carboxylic acids is 4. The van der Waals surface area contributed by atoms with Gasteiger partial charge in [-0.2, -0.15) is 0 Å². The summed E-state index contributed by atoms with van der Waals surface area (Å²) in [5, 5.41) is 10.7. The molecule has 620 valence electrons. The SMILES string of the molecule is CC/C=C\C/C=C\C/C=C\C/C=C\CCCCCCCCC(=O)OCC(COP(=O)(O)OCC(O)COP(=O)(O)OCC(COC(=O)CCCCCCCC/C=C\C/C=C\C/C=C\C/C=C\CC)OC(=O)CCCCCCCCCCCCCCC)OC(=O)CCCCCCCCC/C=C\C/C=C\C/C=C\CC. The number of allylic oxidation sites excluding steroid dienone is 22. The molecule has 0 saturated carbocycles. The summed E-state index contributed by atoms with van der Waals surface area (Å²) in [4.78, 5) is 73.2. The van der Waals surface area contributed by atoms with Crippen molar-refractivity contribution >= 4 is 39.5 Å². The summed E-state index contributed by atoms with van der Waals surface area (Å²) in [5.74, 6) is -2.20. The molecule has 0 bridgehead atoms. The zero-order valence-electron chi connectivity index (χ0n) is 68.0. The Balaban J connectivity index is 5.37. The van der Waals surface area contributed by atoms with E-state index in [1.807, 2.05) is 0 Å². The molecule has 3 N–H and O–H groups in total. The second-order valence-electron chi connectivity index (χ2n) is 28.0. The smallest absolute Gasteiger partial charge is 0.462 e. The predicted molar refractivity (Wildman–Crippen MR) is 445 cm³/mol. The van der Waals surface area contributed by atoms with Crippen LogP contribution < -0.4 is 0 Å². The fourth-order valence-corrected chi connectivity index (χ4v) is 12.9. The molecule has 0 fully saturated rings. The summed E-state index contributed by atoms with van der Waals surface area (Å²) in [7, 11) is -9.98. The van der Waals surface area contributed by atoms with Crippen molar-refractivity contribution in [2.24, 2.45) is 0 Å². The molecule has 0 heterocycles. The van der Waals surface area contributed by atoms with Crippen molar-refractivity contribution in [3.63, 3.8) is 0 Å². The highest BCUT2D eigenvalue weighted by Crippen LogP contribution is 2.45. The third kappa shape index (κ3) is 79.3. The number of aliphatic hydroxyl groups excluding tert-OH is 1. The number of rotatable bonds is 79. The fraction of sp³-hybridized carbons (Fsp3) is 0.708. The first kappa shape index (κ1) is 103. The van der Waals surface area contributed by atoms with Crippen LogP contribution in [-0.4, -0.2) is 96.7 Å². The van der Waals surface area contributed by atoms with Crippen molar-refractivity contribution in [2.45, 2.75) is 367 Å². The second-order valence-corrected chi connectivity index (χ2v) is 30.9. The van der Waals surface area contributed by atoms with E-state index in [1.165, 1.54) is 51.4 Å². The topological polar surface area (TPSA) is 237 Å². The van der Waals surface area contributed by atoms with Crippen LogP contribution in [0, 0.1) is 0 Å². The molecule has 0 saturated heterocycles. The zero-order chi connectivity index (χ0) is 78.9. The molecular weight excluding hydrogens is 1400 g/mol. The van der Waals surface area contributed by atoms with E-state index in [9.17, 15) is 43.2 Å². The van der Waals surface area contributed by atoms with Gasteiger partial charge in [0.25, 0.3) is 0 Å². The van der Waals surface area contributed by atoms with Gasteiger partial charge in [0.05, 0.1) is 26.4 Å². The molecule has 0 aromatic carbocycles. The standard InChI is InChI=1S/C89H152O17P2/c1-5-9-13-17-21-25-29-33-36-39-41-44-46-50-53-57-61-65-69-73-86(91)99-79-84(105-88(93)75-71-67-63-59-55-49-32-28-24-20-16-12-8-4)81-103-107(95,96)101-77-83(90)78-102-108(97,98)104-82-85(106-89(94)76-72-68-64-60-56-52-48-43-38-35-31-27-23-19-15-11-7-3)80-100-87(92)74-70-66-62-58-54-51-47-45-42-40-37-34-30-26-22-18-14-10-6-2/h9-11,13-15,21-23,25-27,33-38,41-42,44-45,83-85,90H,5-8,12,16-20,24,28-32,39-40,43,46-82H2,1-4H3,(H,95,96)(H,97,98)/b13-9-,14-10-,15-11-,25-21-,26-22-,27-23-,36-33-,37-34-,38-35-,44-41-,45-42-. The quantitative estimate of drug-likeness (QED) is 0.0169. The summed E-state index contributed by atoms with van der Waals surface area (Å²) < 4.78 is 68.8. The van der Waals surface area contributed by atoms with Crippen LogP contribution in [-0.2, 0) is 65.4 Å². The molecule has 0 radical (unpaired) electrons. The third-order valence-corrected chi connectivity index (χ3v) is 19.5. The average Bonchev–Trinajstić information content (AvgIpc) is 0.886. The first-order valence-corrected chi connectivity index (χ1v) is 45.4. The summed E-state index contributed by atoms with van der Waals surface area (Å²) >= 11 is 0. The summed E-state index contributed by atoms with van der Waals surface area (Å²) in [6.45, 7) is 4.55.